The van der Waals surface area contributed by atoms with E-state index in [-0.39, 0.29) is 36.5 Å². The van der Waals surface area contributed by atoms with E-state index in [9.17, 15) is 9.36 Å². The van der Waals surface area contributed by atoms with E-state index in [1.807, 2.05) is 0 Å². The monoisotopic (exact) mass is 304 g/mol. The third-order valence-electron chi connectivity index (χ3n) is 2.80. The normalized spacial score (nSPS) is 11.7. The quantitative estimate of drug-likeness (QED) is 0.721. The van der Waals surface area contributed by atoms with Crippen LogP contribution >= 0.6 is 7.60 Å². The van der Waals surface area contributed by atoms with Gasteiger partial charge in [0.2, 0.25) is 0 Å². The van der Waals surface area contributed by atoms with Crippen LogP contribution in [-0.2, 0) is 19.8 Å². The molecule has 1 aromatic rings. The van der Waals surface area contributed by atoms with Crippen LogP contribution in [0.5, 0.6) is 5.95 Å². The van der Waals surface area contributed by atoms with Gasteiger partial charge in [-0.3, -0.25) is 9.36 Å². The van der Waals surface area contributed by atoms with Crippen molar-refractivity contribution in [1.82, 2.24) is 0 Å². The van der Waals surface area contributed by atoms with E-state index in [4.69, 9.17) is 18.2 Å². The highest BCUT2D eigenvalue weighted by Gasteiger charge is 2.28. The molecule has 0 radical (unpaired) electrons. The third kappa shape index (κ3) is 3.72. The van der Waals surface area contributed by atoms with E-state index >= 15 is 0 Å². The third-order valence-corrected chi connectivity index (χ3v) is 4.77. The predicted molar refractivity (Wildman–Crippen MR) is 75.6 cm³/mol. The lowest BCUT2D eigenvalue weighted by molar-refractivity contribution is 0.215. The fourth-order valence-electron chi connectivity index (χ4n) is 1.81. The van der Waals surface area contributed by atoms with Crippen LogP contribution in [0.1, 0.15) is 30.7 Å². The lowest BCUT2D eigenvalue weighted by atomic mass is 10.2. The first-order valence-corrected chi connectivity index (χ1v) is 8.16. The van der Waals surface area contributed by atoms with Gasteiger partial charge < -0.3 is 18.2 Å². The fraction of sp³-hybridized carbons (Fsp3) is 0.615. The van der Waals surface area contributed by atoms with Crippen LogP contribution in [0, 0.1) is 13.8 Å². The van der Waals surface area contributed by atoms with Gasteiger partial charge in [-0.2, -0.15) is 0 Å². The summed E-state index contributed by atoms with van der Waals surface area (Å²) >= 11 is 0. The zero-order chi connectivity index (χ0) is 15.3. The van der Waals surface area contributed by atoms with E-state index < -0.39 is 7.60 Å². The average molecular weight is 304 g/mol. The maximum absolute atomic E-state index is 12.5. The molecule has 20 heavy (non-hydrogen) atoms. The Hall–Kier alpha value is -1.10. The molecule has 0 unspecified atom stereocenters. The van der Waals surface area contributed by atoms with Gasteiger partial charge in [0, 0.05) is 5.56 Å². The predicted octanol–water partition coefficient (Wildman–Crippen LogP) is 3.03. The van der Waals surface area contributed by atoms with Crippen molar-refractivity contribution in [2.24, 2.45) is 0 Å². The lowest BCUT2D eigenvalue weighted by Crippen LogP contribution is -2.14. The molecule has 0 aliphatic heterocycles. The second-order valence-electron chi connectivity index (χ2n) is 4.20. The summed E-state index contributed by atoms with van der Waals surface area (Å²) < 4.78 is 33.4. The molecule has 0 saturated heterocycles. The summed E-state index contributed by atoms with van der Waals surface area (Å²) in [6, 6.07) is 0. The highest BCUT2D eigenvalue weighted by Crippen LogP contribution is 2.51. The van der Waals surface area contributed by atoms with Crippen molar-refractivity contribution in [3.63, 3.8) is 0 Å². The SMILES string of the molecule is CCOP(=O)(Cc1oc(OC)c(C)c(=O)c1C)OCC. The van der Waals surface area contributed by atoms with E-state index in [1.165, 1.54) is 7.11 Å². The van der Waals surface area contributed by atoms with Gasteiger partial charge >= 0.3 is 7.60 Å². The van der Waals surface area contributed by atoms with Gasteiger partial charge in [0.1, 0.15) is 11.9 Å². The Morgan fingerprint density at radius 2 is 1.65 bits per heavy atom. The Bertz CT molecular complexity index is 553. The molecule has 114 valence electrons. The number of rotatable bonds is 7. The molecule has 0 bridgehead atoms. The average Bonchev–Trinajstić information content (AvgIpc) is 2.40. The summed E-state index contributed by atoms with van der Waals surface area (Å²) in [4.78, 5) is 12.1. The minimum Gasteiger partial charge on any atom is -0.468 e. The largest absolute Gasteiger partial charge is 0.468 e. The second-order valence-corrected chi connectivity index (χ2v) is 6.25. The van der Waals surface area contributed by atoms with Crippen LogP contribution in [0.15, 0.2) is 9.21 Å². The Balaban J connectivity index is 3.23. The highest BCUT2D eigenvalue weighted by molar-refractivity contribution is 7.53. The summed E-state index contributed by atoms with van der Waals surface area (Å²) in [6.07, 6.45) is -0.0909. The zero-order valence-electron chi connectivity index (χ0n) is 12.5. The summed E-state index contributed by atoms with van der Waals surface area (Å²) in [7, 11) is -1.91. The van der Waals surface area contributed by atoms with Gasteiger partial charge in [0.15, 0.2) is 5.43 Å². The highest BCUT2D eigenvalue weighted by atomic mass is 31.2. The first-order valence-electron chi connectivity index (χ1n) is 6.43. The zero-order valence-corrected chi connectivity index (χ0v) is 13.4. The Morgan fingerprint density at radius 1 is 1.10 bits per heavy atom. The molecular formula is C13H21O6P. The molecular weight excluding hydrogens is 283 g/mol. The molecule has 0 spiro atoms. The van der Waals surface area contributed by atoms with Crippen molar-refractivity contribution in [1.29, 1.82) is 0 Å². The molecule has 1 heterocycles. The van der Waals surface area contributed by atoms with Crippen LogP contribution < -0.4 is 10.2 Å². The van der Waals surface area contributed by atoms with Crippen molar-refractivity contribution >= 4 is 7.60 Å². The molecule has 0 aliphatic carbocycles. The Kier molecular flexibility index (Phi) is 5.99. The first kappa shape index (κ1) is 17.0. The number of hydrogen-bond donors (Lipinski definition) is 0. The van der Waals surface area contributed by atoms with Gasteiger partial charge in [-0.15, -0.1) is 0 Å². The Labute approximate surface area is 118 Å². The lowest BCUT2D eigenvalue weighted by Gasteiger charge is -2.17. The van der Waals surface area contributed by atoms with Gasteiger partial charge in [0.25, 0.3) is 5.95 Å². The minimum absolute atomic E-state index is 0.0909. The molecule has 0 aliphatic rings. The Morgan fingerprint density at radius 3 is 2.10 bits per heavy atom. The van der Waals surface area contributed by atoms with Crippen LogP contribution in [0.3, 0.4) is 0 Å². The second kappa shape index (κ2) is 7.07. The molecule has 1 aromatic heterocycles. The number of methoxy groups -OCH3 is 1. The van der Waals surface area contributed by atoms with Crippen LogP contribution in [0.4, 0.5) is 0 Å². The van der Waals surface area contributed by atoms with Gasteiger partial charge in [-0.25, -0.2) is 0 Å². The van der Waals surface area contributed by atoms with Crippen molar-refractivity contribution in [3.05, 3.63) is 27.1 Å². The van der Waals surface area contributed by atoms with Crippen molar-refractivity contribution in [2.75, 3.05) is 20.3 Å². The molecule has 1 rings (SSSR count). The minimum atomic E-state index is -3.32. The summed E-state index contributed by atoms with van der Waals surface area (Å²) in [6.45, 7) is 7.20. The van der Waals surface area contributed by atoms with E-state index in [0.29, 0.717) is 11.1 Å². The molecule has 0 fully saturated rings. The van der Waals surface area contributed by atoms with Crippen LogP contribution in [-0.4, -0.2) is 20.3 Å². The van der Waals surface area contributed by atoms with Crippen molar-refractivity contribution in [3.8, 4) is 5.95 Å². The first-order chi connectivity index (χ1) is 9.38. The van der Waals surface area contributed by atoms with E-state index in [0.717, 1.165) is 0 Å². The maximum Gasteiger partial charge on any atom is 0.338 e. The molecule has 7 heteroatoms. The summed E-state index contributed by atoms with van der Waals surface area (Å²) in [5, 5.41) is 0. The smallest absolute Gasteiger partial charge is 0.338 e. The van der Waals surface area contributed by atoms with Gasteiger partial charge in [0.05, 0.1) is 25.9 Å². The van der Waals surface area contributed by atoms with E-state index in [1.54, 1.807) is 27.7 Å². The summed E-state index contributed by atoms with van der Waals surface area (Å²) in [5.74, 6) is 0.387. The van der Waals surface area contributed by atoms with Crippen LogP contribution in [0.2, 0.25) is 0 Å². The molecule has 0 amide bonds. The number of ether oxygens (including phenoxy) is 1. The molecule has 0 saturated carbocycles. The maximum atomic E-state index is 12.5. The van der Waals surface area contributed by atoms with E-state index in [2.05, 4.69) is 0 Å². The molecule has 6 nitrogen and oxygen atoms in total. The van der Waals surface area contributed by atoms with Crippen molar-refractivity contribution in [2.45, 2.75) is 33.9 Å². The molecule has 0 aromatic carbocycles. The van der Waals surface area contributed by atoms with Gasteiger partial charge in [-0.1, -0.05) is 0 Å². The van der Waals surface area contributed by atoms with Crippen molar-refractivity contribution < 1.29 is 22.8 Å². The van der Waals surface area contributed by atoms with Crippen LogP contribution in [0.25, 0.3) is 0 Å². The standard InChI is InChI=1S/C13H21O6P/c1-6-17-20(15,18-7-2)8-11-9(3)12(14)10(4)13(16-5)19-11/h6-8H2,1-5H3. The topological polar surface area (TPSA) is 75.0 Å². The molecule has 0 atom stereocenters. The summed E-state index contributed by atoms with van der Waals surface area (Å²) in [5.41, 5.74) is 0.585. The molecule has 0 N–H and O–H groups in total. The van der Waals surface area contributed by atoms with Gasteiger partial charge in [-0.05, 0) is 27.7 Å². The number of hydrogen-bond acceptors (Lipinski definition) is 6. The fourth-order valence-corrected chi connectivity index (χ4v) is 3.51.